The first-order valence-corrected chi connectivity index (χ1v) is 11.9. The number of para-hydroxylation sites is 1. The van der Waals surface area contributed by atoms with Crippen molar-refractivity contribution in [3.05, 3.63) is 83.5 Å². The minimum Gasteiger partial charge on any atom is -0.483 e. The van der Waals surface area contributed by atoms with Crippen molar-refractivity contribution in [2.75, 3.05) is 16.3 Å². The first-order chi connectivity index (χ1) is 16.2. The second kappa shape index (κ2) is 9.53. The van der Waals surface area contributed by atoms with Gasteiger partial charge < -0.3 is 14.5 Å². The quantitative estimate of drug-likeness (QED) is 0.372. The number of ether oxygens (including phenoxy) is 1. The van der Waals surface area contributed by atoms with Crippen LogP contribution in [0.1, 0.15) is 16.1 Å². The van der Waals surface area contributed by atoms with Gasteiger partial charge in [-0.1, -0.05) is 17.7 Å². The summed E-state index contributed by atoms with van der Waals surface area (Å²) in [6, 6.07) is 8.52. The predicted molar refractivity (Wildman–Crippen MR) is 122 cm³/mol. The smallest absolute Gasteiger partial charge is 0.258 e. The number of nitrogens with one attached hydrogen (secondary N) is 2. The Labute approximate surface area is 198 Å². The van der Waals surface area contributed by atoms with Gasteiger partial charge in [-0.25, -0.2) is 22.5 Å². The van der Waals surface area contributed by atoms with Crippen LogP contribution in [0.5, 0.6) is 5.75 Å². The standard InChI is InChI=1S/C21H17ClFN5O5S/c1-34(30,31)27-16-6-14(22)5-15(7-16)26-21(29)13-8-25-28(10-13)20-18(23)3-2-4-19(20)32-11-17-9-24-12-33-17/h2-10,12,27H,11H2,1H3,(H,26,29). The Bertz CT molecular complexity index is 1440. The molecule has 0 unspecified atom stereocenters. The van der Waals surface area contributed by atoms with Crippen LogP contribution < -0.4 is 14.8 Å². The summed E-state index contributed by atoms with van der Waals surface area (Å²) in [5.74, 6) is -0.560. The summed E-state index contributed by atoms with van der Waals surface area (Å²) in [7, 11) is -3.54. The fourth-order valence-corrected chi connectivity index (χ4v) is 3.78. The molecule has 13 heteroatoms. The molecule has 0 bridgehead atoms. The zero-order valence-corrected chi connectivity index (χ0v) is 19.1. The number of anilines is 2. The molecule has 0 aliphatic heterocycles. The van der Waals surface area contributed by atoms with E-state index in [4.69, 9.17) is 20.8 Å². The van der Waals surface area contributed by atoms with Gasteiger partial charge >= 0.3 is 0 Å². The molecule has 2 N–H and O–H groups in total. The van der Waals surface area contributed by atoms with E-state index >= 15 is 0 Å². The van der Waals surface area contributed by atoms with Crippen molar-refractivity contribution < 1.29 is 26.8 Å². The summed E-state index contributed by atoms with van der Waals surface area (Å²) in [4.78, 5) is 16.5. The topological polar surface area (TPSA) is 128 Å². The lowest BCUT2D eigenvalue weighted by atomic mass is 10.2. The van der Waals surface area contributed by atoms with Gasteiger partial charge in [-0.05, 0) is 30.3 Å². The molecule has 2 heterocycles. The van der Waals surface area contributed by atoms with Gasteiger partial charge in [0.1, 0.15) is 18.0 Å². The molecular weight excluding hydrogens is 489 g/mol. The summed E-state index contributed by atoms with van der Waals surface area (Å²) >= 11 is 6.03. The number of carbonyl (C=O) groups is 1. The van der Waals surface area contributed by atoms with E-state index in [1.54, 1.807) is 6.07 Å². The van der Waals surface area contributed by atoms with E-state index in [1.807, 2.05) is 0 Å². The summed E-state index contributed by atoms with van der Waals surface area (Å²) < 4.78 is 51.8. The molecule has 0 radical (unpaired) electrons. The van der Waals surface area contributed by atoms with Gasteiger partial charge in [-0.3, -0.25) is 9.52 Å². The van der Waals surface area contributed by atoms with Gasteiger partial charge in [-0.2, -0.15) is 5.10 Å². The zero-order valence-electron chi connectivity index (χ0n) is 17.5. The third-order valence-corrected chi connectivity index (χ3v) is 5.16. The van der Waals surface area contributed by atoms with Crippen molar-refractivity contribution in [1.29, 1.82) is 0 Å². The molecule has 0 saturated carbocycles. The largest absolute Gasteiger partial charge is 0.483 e. The number of sulfonamides is 1. The normalized spacial score (nSPS) is 11.3. The Kier molecular flexibility index (Phi) is 6.52. The first-order valence-electron chi connectivity index (χ1n) is 9.61. The van der Waals surface area contributed by atoms with Crippen LogP contribution in [0.2, 0.25) is 5.02 Å². The highest BCUT2D eigenvalue weighted by atomic mass is 35.5. The highest BCUT2D eigenvalue weighted by Crippen LogP contribution is 2.27. The molecule has 2 aromatic heterocycles. The molecule has 0 spiro atoms. The van der Waals surface area contributed by atoms with Crippen LogP contribution in [-0.2, 0) is 16.6 Å². The molecule has 2 aromatic carbocycles. The van der Waals surface area contributed by atoms with E-state index in [1.165, 1.54) is 60.0 Å². The lowest BCUT2D eigenvalue weighted by molar-refractivity contribution is 0.102. The number of hydrogen-bond donors (Lipinski definition) is 2. The summed E-state index contributed by atoms with van der Waals surface area (Å²) in [5, 5.41) is 6.90. The molecule has 0 saturated heterocycles. The second-order valence-corrected chi connectivity index (χ2v) is 9.26. The Morgan fingerprint density at radius 3 is 2.76 bits per heavy atom. The van der Waals surface area contributed by atoms with Crippen LogP contribution in [-0.4, -0.2) is 35.3 Å². The van der Waals surface area contributed by atoms with Crippen molar-refractivity contribution in [3.63, 3.8) is 0 Å². The van der Waals surface area contributed by atoms with Gasteiger partial charge in [-0.15, -0.1) is 0 Å². The molecule has 4 rings (SSSR count). The highest BCUT2D eigenvalue weighted by molar-refractivity contribution is 7.92. The van der Waals surface area contributed by atoms with Gasteiger partial charge in [0.05, 0.1) is 29.9 Å². The van der Waals surface area contributed by atoms with Crippen molar-refractivity contribution in [1.82, 2.24) is 14.8 Å². The third kappa shape index (κ3) is 5.71. The van der Waals surface area contributed by atoms with Crippen LogP contribution in [0, 0.1) is 5.82 Å². The third-order valence-electron chi connectivity index (χ3n) is 4.34. The van der Waals surface area contributed by atoms with Crippen LogP contribution >= 0.6 is 11.6 Å². The molecule has 1 amide bonds. The van der Waals surface area contributed by atoms with Crippen LogP contribution in [0.3, 0.4) is 0 Å². The Balaban J connectivity index is 1.54. The SMILES string of the molecule is CS(=O)(=O)Nc1cc(Cl)cc(NC(=O)c2cnn(-c3c(F)cccc3OCc3cnco3)c2)c1. The van der Waals surface area contributed by atoms with Gasteiger partial charge in [0.25, 0.3) is 5.91 Å². The van der Waals surface area contributed by atoms with Crippen molar-refractivity contribution in [3.8, 4) is 11.4 Å². The maximum Gasteiger partial charge on any atom is 0.258 e. The fourth-order valence-electron chi connectivity index (χ4n) is 3.00. The molecule has 0 aliphatic carbocycles. The maximum absolute atomic E-state index is 14.6. The number of oxazole rings is 1. The number of rotatable bonds is 8. The van der Waals surface area contributed by atoms with Crippen molar-refractivity contribution >= 4 is 38.9 Å². The lowest BCUT2D eigenvalue weighted by Gasteiger charge is -2.11. The molecule has 0 atom stereocenters. The first kappa shape index (κ1) is 23.3. The van der Waals surface area contributed by atoms with E-state index in [0.717, 1.165) is 6.26 Å². The monoisotopic (exact) mass is 505 g/mol. The zero-order chi connectivity index (χ0) is 24.3. The number of amides is 1. The Morgan fingerprint density at radius 1 is 1.24 bits per heavy atom. The average molecular weight is 506 g/mol. The van der Waals surface area contributed by atoms with E-state index in [2.05, 4.69) is 20.1 Å². The van der Waals surface area contributed by atoms with Gasteiger partial charge in [0.2, 0.25) is 10.0 Å². The molecule has 0 aliphatic rings. The van der Waals surface area contributed by atoms with E-state index < -0.39 is 21.7 Å². The molecule has 0 fully saturated rings. The Morgan fingerprint density at radius 2 is 2.03 bits per heavy atom. The summed E-state index contributed by atoms with van der Waals surface area (Å²) in [6.07, 6.45) is 6.30. The number of nitrogens with zero attached hydrogens (tertiary/aromatic N) is 3. The van der Waals surface area contributed by atoms with Gasteiger partial charge in [0.15, 0.2) is 18.0 Å². The average Bonchev–Trinajstić information content (AvgIpc) is 3.43. The van der Waals surface area contributed by atoms with Gasteiger partial charge in [0, 0.05) is 16.9 Å². The molecule has 4 aromatic rings. The molecule has 10 nitrogen and oxygen atoms in total. The minimum absolute atomic E-state index is 0.00320. The number of benzene rings is 2. The minimum atomic E-state index is -3.54. The molecular formula is C21H17ClFN5O5S. The van der Waals surface area contributed by atoms with Crippen LogP contribution in [0.15, 0.2) is 65.8 Å². The van der Waals surface area contributed by atoms with Crippen molar-refractivity contribution in [2.24, 2.45) is 0 Å². The van der Waals surface area contributed by atoms with E-state index in [-0.39, 0.29) is 40.0 Å². The van der Waals surface area contributed by atoms with Crippen LogP contribution in [0.25, 0.3) is 5.69 Å². The predicted octanol–water partition coefficient (Wildman–Crippen LogP) is 3.86. The van der Waals surface area contributed by atoms with Crippen LogP contribution in [0.4, 0.5) is 15.8 Å². The van der Waals surface area contributed by atoms with E-state index in [9.17, 15) is 17.6 Å². The fraction of sp³-hybridized carbons (Fsp3) is 0.0952. The molecule has 176 valence electrons. The lowest BCUT2D eigenvalue weighted by Crippen LogP contribution is -2.13. The van der Waals surface area contributed by atoms with E-state index in [0.29, 0.717) is 5.76 Å². The number of carbonyl (C=O) groups excluding carboxylic acids is 1. The summed E-state index contributed by atoms with van der Waals surface area (Å²) in [5.41, 5.74) is 0.546. The second-order valence-electron chi connectivity index (χ2n) is 7.07. The summed E-state index contributed by atoms with van der Waals surface area (Å²) in [6.45, 7) is 0.0175. The Hall–Kier alpha value is -3.90. The highest BCUT2D eigenvalue weighted by Gasteiger charge is 2.17. The van der Waals surface area contributed by atoms with Crippen molar-refractivity contribution in [2.45, 2.75) is 6.61 Å². The number of halogens is 2. The maximum atomic E-state index is 14.6. The number of aromatic nitrogens is 3. The molecule has 34 heavy (non-hydrogen) atoms. The number of hydrogen-bond acceptors (Lipinski definition) is 7.